The summed E-state index contributed by atoms with van der Waals surface area (Å²) in [4.78, 5) is 14.5. The average molecular weight is 224 g/mol. The molecule has 1 amide bonds. The van der Waals surface area contributed by atoms with Crippen LogP contribution in [0.3, 0.4) is 0 Å². The molecule has 1 aliphatic rings. The van der Waals surface area contributed by atoms with E-state index < -0.39 is 5.91 Å². The molecule has 1 heterocycles. The summed E-state index contributed by atoms with van der Waals surface area (Å²) in [6.45, 7) is 3.74. The summed E-state index contributed by atoms with van der Waals surface area (Å²) in [6, 6.07) is 0. The van der Waals surface area contributed by atoms with Crippen LogP contribution in [-0.4, -0.2) is 22.6 Å². The number of aromatic nitrogens is 2. The fourth-order valence-corrected chi connectivity index (χ4v) is 2.05. The Hall–Kier alpha value is -1.43. The SMILES string of the molecule is CC1CC(CNCc2noc(C(N)=O)n2)C1. The van der Waals surface area contributed by atoms with E-state index in [9.17, 15) is 4.79 Å². The van der Waals surface area contributed by atoms with Gasteiger partial charge in [-0.1, -0.05) is 12.1 Å². The number of nitrogens with zero attached hydrogens (tertiary/aromatic N) is 2. The number of rotatable bonds is 5. The molecule has 1 saturated carbocycles. The van der Waals surface area contributed by atoms with E-state index in [4.69, 9.17) is 5.73 Å². The zero-order valence-corrected chi connectivity index (χ0v) is 9.27. The maximum Gasteiger partial charge on any atom is 0.315 e. The third-order valence-corrected chi connectivity index (χ3v) is 2.87. The van der Waals surface area contributed by atoms with Gasteiger partial charge in [-0.05, 0) is 31.2 Å². The van der Waals surface area contributed by atoms with Crippen molar-refractivity contribution in [3.05, 3.63) is 11.7 Å². The van der Waals surface area contributed by atoms with E-state index in [-0.39, 0.29) is 5.89 Å². The third kappa shape index (κ3) is 2.57. The molecule has 0 bridgehead atoms. The van der Waals surface area contributed by atoms with Crippen molar-refractivity contribution in [3.63, 3.8) is 0 Å². The molecule has 3 N–H and O–H groups in total. The van der Waals surface area contributed by atoms with Gasteiger partial charge in [0.1, 0.15) is 0 Å². The Balaban J connectivity index is 1.70. The van der Waals surface area contributed by atoms with E-state index in [0.717, 1.165) is 18.4 Å². The largest absolute Gasteiger partial charge is 0.361 e. The summed E-state index contributed by atoms with van der Waals surface area (Å²) in [5, 5.41) is 6.88. The van der Waals surface area contributed by atoms with Crippen LogP contribution >= 0.6 is 0 Å². The summed E-state index contributed by atoms with van der Waals surface area (Å²) >= 11 is 0. The van der Waals surface area contributed by atoms with Crippen molar-refractivity contribution in [2.24, 2.45) is 17.6 Å². The minimum atomic E-state index is -0.688. The third-order valence-electron chi connectivity index (χ3n) is 2.87. The van der Waals surface area contributed by atoms with Crippen molar-refractivity contribution >= 4 is 5.91 Å². The van der Waals surface area contributed by atoms with Crippen LogP contribution in [0.4, 0.5) is 0 Å². The molecule has 2 rings (SSSR count). The fraction of sp³-hybridized carbons (Fsp3) is 0.700. The Kier molecular flexibility index (Phi) is 3.19. The molecule has 0 saturated heterocycles. The Labute approximate surface area is 93.6 Å². The normalized spacial score (nSPS) is 24.1. The van der Waals surface area contributed by atoms with Crippen LogP contribution in [0.5, 0.6) is 0 Å². The first-order valence-corrected chi connectivity index (χ1v) is 5.48. The molecule has 16 heavy (non-hydrogen) atoms. The van der Waals surface area contributed by atoms with E-state index >= 15 is 0 Å². The molecule has 1 aliphatic carbocycles. The number of carbonyl (C=O) groups excluding carboxylic acids is 1. The van der Waals surface area contributed by atoms with Crippen molar-refractivity contribution < 1.29 is 9.32 Å². The zero-order valence-electron chi connectivity index (χ0n) is 9.27. The van der Waals surface area contributed by atoms with Crippen molar-refractivity contribution in [2.45, 2.75) is 26.3 Å². The van der Waals surface area contributed by atoms with E-state index in [0.29, 0.717) is 12.4 Å². The number of hydrogen-bond donors (Lipinski definition) is 2. The minimum absolute atomic E-state index is 0.130. The molecule has 0 aliphatic heterocycles. The molecule has 6 nitrogen and oxygen atoms in total. The maximum atomic E-state index is 10.7. The van der Waals surface area contributed by atoms with E-state index in [1.165, 1.54) is 12.8 Å². The van der Waals surface area contributed by atoms with Gasteiger partial charge < -0.3 is 15.6 Å². The van der Waals surface area contributed by atoms with E-state index in [1.807, 2.05) is 0 Å². The topological polar surface area (TPSA) is 94.0 Å². The van der Waals surface area contributed by atoms with Gasteiger partial charge in [0.05, 0.1) is 6.54 Å². The van der Waals surface area contributed by atoms with Crippen LogP contribution in [0, 0.1) is 11.8 Å². The van der Waals surface area contributed by atoms with Gasteiger partial charge in [-0.2, -0.15) is 4.98 Å². The first kappa shape index (κ1) is 11.1. The van der Waals surface area contributed by atoms with E-state index in [1.54, 1.807) is 0 Å². The second kappa shape index (κ2) is 4.61. The Morgan fingerprint density at radius 2 is 2.38 bits per heavy atom. The van der Waals surface area contributed by atoms with Crippen molar-refractivity contribution in [3.8, 4) is 0 Å². The lowest BCUT2D eigenvalue weighted by Crippen LogP contribution is -2.31. The molecule has 0 spiro atoms. The first-order valence-electron chi connectivity index (χ1n) is 5.48. The molecular weight excluding hydrogens is 208 g/mol. The van der Waals surface area contributed by atoms with Gasteiger partial charge in [-0.25, -0.2) is 0 Å². The molecular formula is C10H16N4O2. The highest BCUT2D eigenvalue weighted by Gasteiger charge is 2.24. The molecule has 0 atom stereocenters. The van der Waals surface area contributed by atoms with Gasteiger partial charge in [-0.15, -0.1) is 0 Å². The number of nitrogens with two attached hydrogens (primary N) is 1. The van der Waals surface area contributed by atoms with Crippen LogP contribution in [0.15, 0.2) is 4.52 Å². The zero-order chi connectivity index (χ0) is 11.5. The summed E-state index contributed by atoms with van der Waals surface area (Å²) in [7, 11) is 0. The summed E-state index contributed by atoms with van der Waals surface area (Å²) < 4.78 is 4.67. The van der Waals surface area contributed by atoms with Gasteiger partial charge in [0.15, 0.2) is 5.82 Å². The quantitative estimate of drug-likeness (QED) is 0.750. The predicted octanol–water partition coefficient (Wildman–Crippen LogP) is 0.304. The van der Waals surface area contributed by atoms with Crippen molar-refractivity contribution in [1.29, 1.82) is 0 Å². The second-order valence-electron chi connectivity index (χ2n) is 4.45. The smallest absolute Gasteiger partial charge is 0.315 e. The van der Waals surface area contributed by atoms with Gasteiger partial charge in [0.2, 0.25) is 0 Å². The second-order valence-corrected chi connectivity index (χ2v) is 4.45. The van der Waals surface area contributed by atoms with Crippen LogP contribution in [0.2, 0.25) is 0 Å². The van der Waals surface area contributed by atoms with Crippen LogP contribution < -0.4 is 11.1 Å². The predicted molar refractivity (Wildman–Crippen MR) is 56.4 cm³/mol. The fourth-order valence-electron chi connectivity index (χ4n) is 2.05. The first-order chi connectivity index (χ1) is 7.65. The maximum absolute atomic E-state index is 10.7. The molecule has 0 aromatic carbocycles. The molecule has 1 aromatic heterocycles. The monoisotopic (exact) mass is 224 g/mol. The molecule has 1 aromatic rings. The molecule has 1 fully saturated rings. The summed E-state index contributed by atoms with van der Waals surface area (Å²) in [5.74, 6) is 1.28. The highest BCUT2D eigenvalue weighted by Crippen LogP contribution is 2.32. The number of carbonyl (C=O) groups is 1. The van der Waals surface area contributed by atoms with Crippen LogP contribution in [0.25, 0.3) is 0 Å². The number of nitrogens with one attached hydrogen (secondary N) is 1. The average Bonchev–Trinajstić information content (AvgIpc) is 2.63. The van der Waals surface area contributed by atoms with Crippen molar-refractivity contribution in [1.82, 2.24) is 15.5 Å². The number of primary amides is 1. The summed E-state index contributed by atoms with van der Waals surface area (Å²) in [6.07, 6.45) is 2.57. The Morgan fingerprint density at radius 1 is 1.62 bits per heavy atom. The van der Waals surface area contributed by atoms with Gasteiger partial charge in [0.25, 0.3) is 0 Å². The lowest BCUT2D eigenvalue weighted by Gasteiger charge is -2.32. The van der Waals surface area contributed by atoms with Gasteiger partial charge in [0, 0.05) is 0 Å². The molecule has 0 radical (unpaired) electrons. The molecule has 6 heteroatoms. The Morgan fingerprint density at radius 3 is 2.94 bits per heavy atom. The minimum Gasteiger partial charge on any atom is -0.361 e. The van der Waals surface area contributed by atoms with Crippen LogP contribution in [-0.2, 0) is 6.54 Å². The van der Waals surface area contributed by atoms with Crippen LogP contribution in [0.1, 0.15) is 36.3 Å². The van der Waals surface area contributed by atoms with Gasteiger partial charge in [-0.3, -0.25) is 4.79 Å². The number of hydrogen-bond acceptors (Lipinski definition) is 5. The molecule has 88 valence electrons. The molecule has 0 unspecified atom stereocenters. The standard InChI is InChI=1S/C10H16N4O2/c1-6-2-7(3-6)4-12-5-8-13-10(9(11)15)16-14-8/h6-7,12H,2-5H2,1H3,(H2,11,15). The van der Waals surface area contributed by atoms with Crippen molar-refractivity contribution in [2.75, 3.05) is 6.54 Å². The number of amides is 1. The lowest BCUT2D eigenvalue weighted by molar-refractivity contribution is 0.0958. The summed E-state index contributed by atoms with van der Waals surface area (Å²) in [5.41, 5.74) is 4.99. The highest BCUT2D eigenvalue weighted by atomic mass is 16.5. The Bertz CT molecular complexity index is 371. The van der Waals surface area contributed by atoms with Gasteiger partial charge >= 0.3 is 11.8 Å². The van der Waals surface area contributed by atoms with E-state index in [2.05, 4.69) is 26.9 Å². The lowest BCUT2D eigenvalue weighted by atomic mass is 9.76. The highest BCUT2D eigenvalue weighted by molar-refractivity contribution is 5.87.